The molecule has 0 saturated carbocycles. The second-order valence-corrected chi connectivity index (χ2v) is 5.84. The number of aromatic nitrogens is 2. The van der Waals surface area contributed by atoms with Crippen LogP contribution in [-0.4, -0.2) is 15.9 Å². The lowest BCUT2D eigenvalue weighted by molar-refractivity contribution is 0.381. The fourth-order valence-corrected chi connectivity index (χ4v) is 2.75. The van der Waals surface area contributed by atoms with E-state index in [1.54, 1.807) is 11.3 Å². The van der Waals surface area contributed by atoms with Gasteiger partial charge in [0, 0.05) is 0 Å². The van der Waals surface area contributed by atoms with Crippen molar-refractivity contribution in [2.75, 3.05) is 5.75 Å². The van der Waals surface area contributed by atoms with Crippen LogP contribution < -0.4 is 0 Å². The molecule has 0 aliphatic carbocycles. The fraction of sp³-hybridized carbons (Fsp3) is 0.455. The van der Waals surface area contributed by atoms with E-state index in [-0.39, 0.29) is 5.25 Å². The average Bonchev–Trinajstić information content (AvgIpc) is 2.94. The van der Waals surface area contributed by atoms with Gasteiger partial charge in [-0.2, -0.15) is 4.98 Å². The van der Waals surface area contributed by atoms with Crippen LogP contribution in [0.15, 0.2) is 22.0 Å². The lowest BCUT2D eigenvalue weighted by Crippen LogP contribution is -1.89. The monoisotopic (exact) mass is 254 g/mol. The third kappa shape index (κ3) is 2.65. The molecule has 16 heavy (non-hydrogen) atoms. The predicted octanol–water partition coefficient (Wildman–Crippen LogP) is 4.00. The topological polar surface area (TPSA) is 38.9 Å². The molecule has 0 aliphatic heterocycles. The molecule has 0 aliphatic rings. The summed E-state index contributed by atoms with van der Waals surface area (Å²) in [5.74, 6) is 2.55. The van der Waals surface area contributed by atoms with Crippen LogP contribution in [0.2, 0.25) is 0 Å². The van der Waals surface area contributed by atoms with Gasteiger partial charge in [0.1, 0.15) is 0 Å². The van der Waals surface area contributed by atoms with Crippen molar-refractivity contribution in [3.63, 3.8) is 0 Å². The van der Waals surface area contributed by atoms with Gasteiger partial charge >= 0.3 is 0 Å². The highest BCUT2D eigenvalue weighted by molar-refractivity contribution is 7.99. The minimum atomic E-state index is 0.279. The first-order valence-electron chi connectivity index (χ1n) is 5.30. The van der Waals surface area contributed by atoms with Crippen molar-refractivity contribution < 1.29 is 4.52 Å². The highest BCUT2D eigenvalue weighted by Gasteiger charge is 2.15. The van der Waals surface area contributed by atoms with Crippen LogP contribution >= 0.6 is 23.1 Å². The van der Waals surface area contributed by atoms with E-state index in [4.69, 9.17) is 4.52 Å². The zero-order valence-electron chi connectivity index (χ0n) is 9.34. The minimum absolute atomic E-state index is 0.279. The van der Waals surface area contributed by atoms with Crippen LogP contribution in [0.4, 0.5) is 0 Å². The highest BCUT2D eigenvalue weighted by Crippen LogP contribution is 2.29. The van der Waals surface area contributed by atoms with Gasteiger partial charge in [0.2, 0.25) is 11.7 Å². The highest BCUT2D eigenvalue weighted by atomic mass is 32.2. The molecule has 2 rings (SSSR count). The molecule has 1 atom stereocenters. The van der Waals surface area contributed by atoms with Gasteiger partial charge in [-0.3, -0.25) is 0 Å². The molecule has 0 N–H and O–H groups in total. The van der Waals surface area contributed by atoms with Gasteiger partial charge in [0.25, 0.3) is 0 Å². The Bertz CT molecular complexity index is 425. The molecule has 5 heteroatoms. The van der Waals surface area contributed by atoms with Gasteiger partial charge < -0.3 is 4.52 Å². The fourth-order valence-electron chi connectivity index (χ4n) is 1.27. The van der Waals surface area contributed by atoms with Crippen molar-refractivity contribution in [3.05, 3.63) is 23.4 Å². The summed E-state index contributed by atoms with van der Waals surface area (Å²) in [5.41, 5.74) is 0. The van der Waals surface area contributed by atoms with Crippen molar-refractivity contribution in [2.24, 2.45) is 0 Å². The van der Waals surface area contributed by atoms with E-state index in [0.29, 0.717) is 5.82 Å². The quantitative estimate of drug-likeness (QED) is 0.808. The van der Waals surface area contributed by atoms with Gasteiger partial charge in [-0.25, -0.2) is 0 Å². The van der Waals surface area contributed by atoms with Crippen molar-refractivity contribution in [2.45, 2.75) is 25.5 Å². The Labute approximate surface area is 103 Å². The molecule has 0 aromatic carbocycles. The van der Waals surface area contributed by atoms with Gasteiger partial charge in [0.15, 0.2) is 0 Å². The normalized spacial score (nSPS) is 12.9. The van der Waals surface area contributed by atoms with Crippen LogP contribution in [0, 0.1) is 0 Å². The summed E-state index contributed by atoms with van der Waals surface area (Å²) in [7, 11) is 0. The van der Waals surface area contributed by atoms with Crippen molar-refractivity contribution in [1.82, 2.24) is 10.1 Å². The summed E-state index contributed by atoms with van der Waals surface area (Å²) in [4.78, 5) is 5.48. The standard InChI is InChI=1S/C11H14N2OS2/c1-3-6-15-8(2)11-12-10(13-14-11)9-5-4-7-16-9/h4-5,7-8H,3,6H2,1-2H3/t8-/m1/s1. The first kappa shape index (κ1) is 11.7. The number of rotatable bonds is 5. The number of thiophene rings is 1. The Kier molecular flexibility index (Phi) is 4.01. The van der Waals surface area contributed by atoms with Crippen LogP contribution in [0.1, 0.15) is 31.4 Å². The zero-order chi connectivity index (χ0) is 11.4. The molecule has 0 amide bonds. The van der Waals surface area contributed by atoms with Crippen LogP contribution in [0.25, 0.3) is 10.7 Å². The van der Waals surface area contributed by atoms with E-state index in [2.05, 4.69) is 24.0 Å². The van der Waals surface area contributed by atoms with E-state index in [1.165, 1.54) is 6.42 Å². The van der Waals surface area contributed by atoms with E-state index < -0.39 is 0 Å². The molecule has 0 fully saturated rings. The van der Waals surface area contributed by atoms with Gasteiger partial charge in [0.05, 0.1) is 10.1 Å². The Morgan fingerprint density at radius 3 is 3.12 bits per heavy atom. The number of thioether (sulfide) groups is 1. The van der Waals surface area contributed by atoms with Crippen molar-refractivity contribution >= 4 is 23.1 Å². The summed E-state index contributed by atoms with van der Waals surface area (Å²) >= 11 is 3.47. The smallest absolute Gasteiger partial charge is 0.239 e. The van der Waals surface area contributed by atoms with Crippen LogP contribution in [0.3, 0.4) is 0 Å². The lowest BCUT2D eigenvalue weighted by atomic mass is 10.4. The second kappa shape index (κ2) is 5.50. The summed E-state index contributed by atoms with van der Waals surface area (Å²) in [5, 5.41) is 6.29. The molecule has 3 nitrogen and oxygen atoms in total. The lowest BCUT2D eigenvalue weighted by Gasteiger charge is -2.03. The summed E-state index contributed by atoms with van der Waals surface area (Å²) in [6.45, 7) is 4.27. The number of hydrogen-bond donors (Lipinski definition) is 0. The third-order valence-corrected chi connectivity index (χ3v) is 4.31. The van der Waals surface area contributed by atoms with E-state index in [9.17, 15) is 0 Å². The SMILES string of the molecule is CCCS[C@H](C)c1nc(-c2cccs2)no1. The van der Waals surface area contributed by atoms with Crippen molar-refractivity contribution in [3.8, 4) is 10.7 Å². The Balaban J connectivity index is 2.07. The zero-order valence-corrected chi connectivity index (χ0v) is 11.0. The molecule has 0 spiro atoms. The Hall–Kier alpha value is -0.810. The van der Waals surface area contributed by atoms with E-state index in [1.807, 2.05) is 29.3 Å². The average molecular weight is 254 g/mol. The Morgan fingerprint density at radius 2 is 2.44 bits per heavy atom. The summed E-state index contributed by atoms with van der Waals surface area (Å²) in [6.07, 6.45) is 1.17. The third-order valence-electron chi connectivity index (χ3n) is 2.10. The number of nitrogens with zero attached hydrogens (tertiary/aromatic N) is 2. The van der Waals surface area contributed by atoms with E-state index >= 15 is 0 Å². The molecular weight excluding hydrogens is 240 g/mol. The molecule has 2 aromatic rings. The van der Waals surface area contributed by atoms with Gasteiger partial charge in [-0.05, 0) is 30.5 Å². The largest absolute Gasteiger partial charge is 0.338 e. The second-order valence-electron chi connectivity index (χ2n) is 3.45. The van der Waals surface area contributed by atoms with Gasteiger partial charge in [-0.15, -0.1) is 23.1 Å². The molecule has 2 heterocycles. The molecule has 0 saturated heterocycles. The molecule has 86 valence electrons. The van der Waals surface area contributed by atoms with Crippen molar-refractivity contribution in [1.29, 1.82) is 0 Å². The molecule has 0 unspecified atom stereocenters. The number of hydrogen-bond acceptors (Lipinski definition) is 5. The van der Waals surface area contributed by atoms with Crippen LogP contribution in [0.5, 0.6) is 0 Å². The maximum absolute atomic E-state index is 5.27. The first-order chi connectivity index (χ1) is 7.81. The maximum Gasteiger partial charge on any atom is 0.239 e. The van der Waals surface area contributed by atoms with Crippen LogP contribution in [-0.2, 0) is 0 Å². The predicted molar refractivity (Wildman–Crippen MR) is 68.8 cm³/mol. The Morgan fingerprint density at radius 1 is 1.56 bits per heavy atom. The molecule has 0 bridgehead atoms. The molecule has 2 aromatic heterocycles. The summed E-state index contributed by atoms with van der Waals surface area (Å²) < 4.78 is 5.27. The summed E-state index contributed by atoms with van der Waals surface area (Å²) in [6, 6.07) is 3.99. The molecular formula is C11H14N2OS2. The first-order valence-corrected chi connectivity index (χ1v) is 7.23. The molecule has 0 radical (unpaired) electrons. The van der Waals surface area contributed by atoms with Gasteiger partial charge in [-0.1, -0.05) is 18.1 Å². The van der Waals surface area contributed by atoms with E-state index in [0.717, 1.165) is 16.5 Å². The minimum Gasteiger partial charge on any atom is -0.338 e. The maximum atomic E-state index is 5.27.